The van der Waals surface area contributed by atoms with Crippen LogP contribution in [0.15, 0.2) is 69.8 Å². The second kappa shape index (κ2) is 7.24. The summed E-state index contributed by atoms with van der Waals surface area (Å²) in [6, 6.07) is 17.3. The minimum Gasteiger partial charge on any atom is -0.451 e. The third-order valence-electron chi connectivity index (χ3n) is 5.00. The fourth-order valence-electron chi connectivity index (χ4n) is 3.69. The van der Waals surface area contributed by atoms with Crippen molar-refractivity contribution in [2.24, 2.45) is 0 Å². The molecule has 5 rings (SSSR count). The van der Waals surface area contributed by atoms with Crippen LogP contribution in [-0.2, 0) is 6.42 Å². The maximum atomic E-state index is 13.4. The van der Waals surface area contributed by atoms with E-state index in [-0.39, 0.29) is 11.9 Å². The molecule has 1 atom stereocenters. The van der Waals surface area contributed by atoms with Gasteiger partial charge in [0, 0.05) is 21.9 Å². The van der Waals surface area contributed by atoms with Gasteiger partial charge in [-0.3, -0.25) is 4.79 Å². The molecule has 0 radical (unpaired) electrons. The Morgan fingerprint density at radius 2 is 1.93 bits per heavy atom. The third kappa shape index (κ3) is 3.00. The zero-order valence-corrected chi connectivity index (χ0v) is 17.2. The highest BCUT2D eigenvalue weighted by Crippen LogP contribution is 2.40. The highest BCUT2D eigenvalue weighted by atomic mass is 35.5. The number of rotatable bonds is 3. The third-order valence-corrected chi connectivity index (χ3v) is 7.25. The predicted molar refractivity (Wildman–Crippen MR) is 114 cm³/mol. The number of amides is 1. The summed E-state index contributed by atoms with van der Waals surface area (Å²) in [5.74, 6) is 0.860. The number of carbonyl (C=O) groups is 1. The standard InChI is InChI=1S/C22H16ClNO2S2/c23-16-5-2-1-4-14(16)17-7-8-18(26-17)22(25)24-11-9-19-15(10-13-28-19)21(24)20-6-3-12-27-20/h1-8,10,12-13,21H,9,11H2. The average molecular weight is 426 g/mol. The lowest BCUT2D eigenvalue weighted by atomic mass is 9.98. The summed E-state index contributed by atoms with van der Waals surface area (Å²) >= 11 is 9.72. The largest absolute Gasteiger partial charge is 0.451 e. The molecule has 1 amide bonds. The van der Waals surface area contributed by atoms with Gasteiger partial charge in [-0.15, -0.1) is 22.7 Å². The Hall–Kier alpha value is -2.34. The van der Waals surface area contributed by atoms with Gasteiger partial charge in [-0.05, 0) is 59.1 Å². The molecule has 3 aromatic heterocycles. The summed E-state index contributed by atoms with van der Waals surface area (Å²) in [6.45, 7) is 0.678. The van der Waals surface area contributed by atoms with Crippen molar-refractivity contribution in [2.75, 3.05) is 6.54 Å². The zero-order valence-electron chi connectivity index (χ0n) is 14.8. The van der Waals surface area contributed by atoms with E-state index in [0.717, 1.165) is 12.0 Å². The molecule has 28 heavy (non-hydrogen) atoms. The molecule has 4 heterocycles. The monoisotopic (exact) mass is 425 g/mol. The van der Waals surface area contributed by atoms with Gasteiger partial charge in [0.25, 0.3) is 5.91 Å². The van der Waals surface area contributed by atoms with Gasteiger partial charge in [-0.25, -0.2) is 0 Å². The first-order valence-electron chi connectivity index (χ1n) is 8.98. The van der Waals surface area contributed by atoms with E-state index in [2.05, 4.69) is 22.9 Å². The number of furan rings is 1. The summed E-state index contributed by atoms with van der Waals surface area (Å²) in [4.78, 5) is 17.8. The van der Waals surface area contributed by atoms with Crippen molar-refractivity contribution in [1.82, 2.24) is 4.90 Å². The van der Waals surface area contributed by atoms with Crippen molar-refractivity contribution in [3.8, 4) is 11.3 Å². The number of carbonyl (C=O) groups excluding carboxylic acids is 1. The molecule has 4 aromatic rings. The highest BCUT2D eigenvalue weighted by molar-refractivity contribution is 7.10. The molecule has 0 saturated carbocycles. The smallest absolute Gasteiger partial charge is 0.290 e. The van der Waals surface area contributed by atoms with E-state index < -0.39 is 0 Å². The Morgan fingerprint density at radius 1 is 1.04 bits per heavy atom. The summed E-state index contributed by atoms with van der Waals surface area (Å²) in [7, 11) is 0. The highest BCUT2D eigenvalue weighted by Gasteiger charge is 2.35. The van der Waals surface area contributed by atoms with Crippen LogP contribution >= 0.6 is 34.3 Å². The Bertz CT molecular complexity index is 1130. The van der Waals surface area contributed by atoms with Crippen LogP contribution < -0.4 is 0 Å². The van der Waals surface area contributed by atoms with Crippen LogP contribution in [0, 0.1) is 0 Å². The lowest BCUT2D eigenvalue weighted by Gasteiger charge is -2.34. The van der Waals surface area contributed by atoms with Crippen LogP contribution in [0.2, 0.25) is 5.02 Å². The van der Waals surface area contributed by atoms with E-state index in [1.54, 1.807) is 28.7 Å². The molecule has 1 unspecified atom stereocenters. The molecule has 1 aromatic carbocycles. The Morgan fingerprint density at radius 3 is 2.75 bits per heavy atom. The summed E-state index contributed by atoms with van der Waals surface area (Å²) in [5, 5.41) is 4.77. The quantitative estimate of drug-likeness (QED) is 0.374. The minimum absolute atomic E-state index is 0.0589. The molecule has 6 heteroatoms. The summed E-state index contributed by atoms with van der Waals surface area (Å²) in [6.07, 6.45) is 0.874. The number of halogens is 1. The number of thiophene rings is 2. The van der Waals surface area contributed by atoms with Gasteiger partial charge in [-0.1, -0.05) is 29.8 Å². The van der Waals surface area contributed by atoms with Crippen molar-refractivity contribution in [2.45, 2.75) is 12.5 Å². The molecular formula is C22H16ClNO2S2. The van der Waals surface area contributed by atoms with Crippen molar-refractivity contribution in [3.05, 3.63) is 91.5 Å². The van der Waals surface area contributed by atoms with Gasteiger partial charge in [0.1, 0.15) is 5.76 Å². The number of hydrogen-bond acceptors (Lipinski definition) is 4. The lowest BCUT2D eigenvalue weighted by molar-refractivity contribution is 0.0667. The second-order valence-corrected chi connectivity index (χ2v) is 9.00. The molecule has 1 aliphatic rings. The molecule has 0 N–H and O–H groups in total. The van der Waals surface area contributed by atoms with E-state index in [0.29, 0.717) is 23.1 Å². The first kappa shape index (κ1) is 17.7. The van der Waals surface area contributed by atoms with E-state index in [1.165, 1.54) is 15.3 Å². The summed E-state index contributed by atoms with van der Waals surface area (Å²) in [5.41, 5.74) is 2.02. The number of nitrogens with zero attached hydrogens (tertiary/aromatic N) is 1. The number of benzene rings is 1. The Kier molecular flexibility index (Phi) is 4.59. The molecular weight excluding hydrogens is 410 g/mol. The Balaban J connectivity index is 1.51. The molecule has 3 nitrogen and oxygen atoms in total. The fraction of sp³-hybridized carbons (Fsp3) is 0.136. The van der Waals surface area contributed by atoms with Gasteiger partial charge >= 0.3 is 0 Å². The van der Waals surface area contributed by atoms with Crippen molar-refractivity contribution < 1.29 is 9.21 Å². The number of hydrogen-bond donors (Lipinski definition) is 0. The molecule has 0 spiro atoms. The van der Waals surface area contributed by atoms with E-state index >= 15 is 0 Å². The van der Waals surface area contributed by atoms with Crippen molar-refractivity contribution >= 4 is 40.2 Å². The van der Waals surface area contributed by atoms with Gasteiger partial charge < -0.3 is 9.32 Å². The lowest BCUT2D eigenvalue weighted by Crippen LogP contribution is -2.39. The summed E-state index contributed by atoms with van der Waals surface area (Å²) < 4.78 is 5.93. The van der Waals surface area contributed by atoms with Crippen LogP contribution in [0.25, 0.3) is 11.3 Å². The zero-order chi connectivity index (χ0) is 19.1. The second-order valence-electron chi connectivity index (χ2n) is 6.61. The van der Waals surface area contributed by atoms with E-state index in [1.807, 2.05) is 41.3 Å². The molecule has 0 fully saturated rings. The number of fused-ring (bicyclic) bond motifs is 1. The van der Waals surface area contributed by atoms with Crippen LogP contribution in [0.3, 0.4) is 0 Å². The molecule has 0 aliphatic carbocycles. The molecule has 140 valence electrons. The minimum atomic E-state index is -0.0893. The van der Waals surface area contributed by atoms with E-state index in [9.17, 15) is 4.79 Å². The van der Waals surface area contributed by atoms with E-state index in [4.69, 9.17) is 16.0 Å². The first-order valence-corrected chi connectivity index (χ1v) is 11.1. The van der Waals surface area contributed by atoms with Crippen LogP contribution in [0.5, 0.6) is 0 Å². The van der Waals surface area contributed by atoms with Crippen LogP contribution in [0.4, 0.5) is 0 Å². The first-order chi connectivity index (χ1) is 13.7. The van der Waals surface area contributed by atoms with Gasteiger partial charge in [0.2, 0.25) is 0 Å². The normalized spacial score (nSPS) is 16.2. The topological polar surface area (TPSA) is 33.5 Å². The Labute approximate surface area is 175 Å². The molecule has 0 saturated heterocycles. The van der Waals surface area contributed by atoms with Gasteiger partial charge in [0.15, 0.2) is 5.76 Å². The van der Waals surface area contributed by atoms with Crippen molar-refractivity contribution in [1.29, 1.82) is 0 Å². The fourth-order valence-corrected chi connectivity index (χ4v) is 5.68. The molecule has 1 aliphatic heterocycles. The predicted octanol–water partition coefficient (Wildman–Crippen LogP) is 6.51. The maximum Gasteiger partial charge on any atom is 0.290 e. The SMILES string of the molecule is O=C(c1ccc(-c2ccccc2Cl)o1)N1CCc2sccc2C1c1cccs1. The van der Waals surface area contributed by atoms with Gasteiger partial charge in [-0.2, -0.15) is 0 Å². The van der Waals surface area contributed by atoms with Crippen LogP contribution in [0.1, 0.15) is 31.9 Å². The molecule has 0 bridgehead atoms. The average Bonchev–Trinajstić information content (AvgIpc) is 3.48. The van der Waals surface area contributed by atoms with Gasteiger partial charge in [0.05, 0.1) is 11.1 Å². The maximum absolute atomic E-state index is 13.4. The van der Waals surface area contributed by atoms with Crippen molar-refractivity contribution in [3.63, 3.8) is 0 Å². The van der Waals surface area contributed by atoms with Crippen LogP contribution in [-0.4, -0.2) is 17.4 Å².